The molecule has 0 spiro atoms. The number of thiophene rings is 1. The lowest BCUT2D eigenvalue weighted by Crippen LogP contribution is -1.90. The van der Waals surface area contributed by atoms with E-state index in [4.69, 9.17) is 4.74 Å². The molecule has 0 bridgehead atoms. The summed E-state index contributed by atoms with van der Waals surface area (Å²) >= 11 is 1.51. The topological polar surface area (TPSA) is 35.0 Å². The standard InChI is InChI=1S/C18H11FN2OS/c19-13-8-6-12(7-9-13)15-10-23-18-16(15)17(20-11-21-18)22-14-4-2-1-3-5-14/h1-11H. The van der Waals surface area contributed by atoms with Gasteiger partial charge >= 0.3 is 0 Å². The van der Waals surface area contributed by atoms with E-state index in [-0.39, 0.29) is 5.82 Å². The first-order valence-electron chi connectivity index (χ1n) is 7.02. The maximum absolute atomic E-state index is 13.2. The van der Waals surface area contributed by atoms with Crippen LogP contribution in [0.15, 0.2) is 66.3 Å². The zero-order valence-electron chi connectivity index (χ0n) is 11.9. The van der Waals surface area contributed by atoms with Gasteiger partial charge in [0, 0.05) is 10.9 Å². The molecule has 0 saturated heterocycles. The maximum atomic E-state index is 13.2. The van der Waals surface area contributed by atoms with Crippen LogP contribution in [0.5, 0.6) is 11.6 Å². The second kappa shape index (κ2) is 5.78. The first-order valence-corrected chi connectivity index (χ1v) is 7.90. The molecular formula is C18H11FN2OS. The van der Waals surface area contributed by atoms with E-state index in [0.717, 1.165) is 21.3 Å². The van der Waals surface area contributed by atoms with Crippen molar-refractivity contribution in [3.8, 4) is 22.8 Å². The Hall–Kier alpha value is -2.79. The predicted octanol–water partition coefficient (Wildman–Crippen LogP) is 5.29. The van der Waals surface area contributed by atoms with Crippen LogP contribution in [-0.2, 0) is 0 Å². The van der Waals surface area contributed by atoms with Crippen LogP contribution in [-0.4, -0.2) is 9.97 Å². The zero-order chi connectivity index (χ0) is 15.6. The van der Waals surface area contributed by atoms with Gasteiger partial charge in [0.25, 0.3) is 0 Å². The molecule has 4 aromatic rings. The summed E-state index contributed by atoms with van der Waals surface area (Å²) in [5.74, 6) is 0.954. The summed E-state index contributed by atoms with van der Waals surface area (Å²) in [7, 11) is 0. The summed E-state index contributed by atoms with van der Waals surface area (Å²) in [5.41, 5.74) is 1.85. The van der Waals surface area contributed by atoms with Crippen molar-refractivity contribution in [3.63, 3.8) is 0 Å². The number of aromatic nitrogens is 2. The molecule has 2 heterocycles. The minimum atomic E-state index is -0.259. The fraction of sp³-hybridized carbons (Fsp3) is 0. The molecule has 3 nitrogen and oxygen atoms in total. The molecule has 0 amide bonds. The second-order valence-corrected chi connectivity index (χ2v) is 5.79. The largest absolute Gasteiger partial charge is 0.438 e. The van der Waals surface area contributed by atoms with Crippen LogP contribution in [0.4, 0.5) is 4.39 Å². The molecule has 4 rings (SSSR count). The van der Waals surface area contributed by atoms with Gasteiger partial charge in [-0.25, -0.2) is 14.4 Å². The lowest BCUT2D eigenvalue weighted by Gasteiger charge is -2.07. The normalized spacial score (nSPS) is 10.8. The summed E-state index contributed by atoms with van der Waals surface area (Å²) < 4.78 is 19.1. The minimum Gasteiger partial charge on any atom is -0.438 e. The molecule has 2 aromatic carbocycles. The van der Waals surface area contributed by atoms with E-state index in [2.05, 4.69) is 9.97 Å². The number of nitrogens with zero attached hydrogens (tertiary/aromatic N) is 2. The molecule has 23 heavy (non-hydrogen) atoms. The van der Waals surface area contributed by atoms with Gasteiger partial charge in [-0.05, 0) is 29.8 Å². The first kappa shape index (κ1) is 13.8. The van der Waals surface area contributed by atoms with Crippen LogP contribution < -0.4 is 4.74 Å². The van der Waals surface area contributed by atoms with Gasteiger partial charge in [-0.3, -0.25) is 0 Å². The quantitative estimate of drug-likeness (QED) is 0.514. The maximum Gasteiger partial charge on any atom is 0.231 e. The molecule has 0 atom stereocenters. The summed E-state index contributed by atoms with van der Waals surface area (Å²) in [6.07, 6.45) is 1.49. The Labute approximate surface area is 136 Å². The number of ether oxygens (including phenoxy) is 1. The van der Waals surface area contributed by atoms with E-state index in [1.807, 2.05) is 35.7 Å². The highest BCUT2D eigenvalue weighted by Gasteiger charge is 2.14. The average molecular weight is 322 g/mol. The van der Waals surface area contributed by atoms with Crippen LogP contribution in [0.3, 0.4) is 0 Å². The lowest BCUT2D eigenvalue weighted by atomic mass is 10.1. The number of hydrogen-bond acceptors (Lipinski definition) is 4. The van der Waals surface area contributed by atoms with Crippen LogP contribution in [0.1, 0.15) is 0 Å². The monoisotopic (exact) mass is 322 g/mol. The Morgan fingerprint density at radius 2 is 1.70 bits per heavy atom. The molecule has 0 fully saturated rings. The van der Waals surface area contributed by atoms with Crippen LogP contribution in [0.2, 0.25) is 0 Å². The van der Waals surface area contributed by atoms with Gasteiger partial charge in [-0.15, -0.1) is 11.3 Å². The van der Waals surface area contributed by atoms with Crippen molar-refractivity contribution < 1.29 is 9.13 Å². The Kier molecular flexibility index (Phi) is 3.48. The number of para-hydroxylation sites is 1. The number of halogens is 1. The first-order chi connectivity index (χ1) is 11.3. The van der Waals surface area contributed by atoms with Gasteiger partial charge in [0.15, 0.2) is 0 Å². The van der Waals surface area contributed by atoms with Gasteiger partial charge in [-0.1, -0.05) is 30.3 Å². The summed E-state index contributed by atoms with van der Waals surface area (Å²) in [4.78, 5) is 9.42. The fourth-order valence-corrected chi connectivity index (χ4v) is 3.27. The molecule has 0 aliphatic heterocycles. The molecule has 5 heteroatoms. The molecule has 0 radical (unpaired) electrons. The predicted molar refractivity (Wildman–Crippen MR) is 89.3 cm³/mol. The molecule has 0 aliphatic carbocycles. The van der Waals surface area contributed by atoms with Gasteiger partial charge in [0.1, 0.15) is 22.7 Å². The molecule has 0 saturated carbocycles. The van der Waals surface area contributed by atoms with Crippen molar-refractivity contribution in [1.82, 2.24) is 9.97 Å². The third-order valence-electron chi connectivity index (χ3n) is 3.45. The highest BCUT2D eigenvalue weighted by atomic mass is 32.1. The molecule has 0 aliphatic rings. The Balaban J connectivity index is 1.85. The third kappa shape index (κ3) is 2.66. The van der Waals surface area contributed by atoms with Crippen LogP contribution in [0, 0.1) is 5.82 Å². The SMILES string of the molecule is Fc1ccc(-c2csc3ncnc(Oc4ccccc4)c23)cc1. The number of benzene rings is 2. The second-order valence-electron chi connectivity index (χ2n) is 4.93. The Morgan fingerprint density at radius 3 is 2.48 bits per heavy atom. The number of rotatable bonds is 3. The average Bonchev–Trinajstić information content (AvgIpc) is 3.02. The van der Waals surface area contributed by atoms with Crippen molar-refractivity contribution in [2.45, 2.75) is 0 Å². The molecule has 0 N–H and O–H groups in total. The highest BCUT2D eigenvalue weighted by Crippen LogP contribution is 2.38. The van der Waals surface area contributed by atoms with E-state index in [1.54, 1.807) is 12.1 Å². The molecule has 2 aromatic heterocycles. The fourth-order valence-electron chi connectivity index (χ4n) is 2.37. The Bertz CT molecular complexity index is 952. The number of hydrogen-bond donors (Lipinski definition) is 0. The van der Waals surface area contributed by atoms with Crippen molar-refractivity contribution in [3.05, 3.63) is 72.1 Å². The minimum absolute atomic E-state index is 0.259. The summed E-state index contributed by atoms with van der Waals surface area (Å²) in [5, 5.41) is 2.83. The van der Waals surface area contributed by atoms with Crippen molar-refractivity contribution >= 4 is 21.6 Å². The van der Waals surface area contributed by atoms with Crippen LogP contribution >= 0.6 is 11.3 Å². The van der Waals surface area contributed by atoms with Gasteiger partial charge in [-0.2, -0.15) is 0 Å². The summed E-state index contributed by atoms with van der Waals surface area (Å²) in [6.45, 7) is 0. The van der Waals surface area contributed by atoms with E-state index in [0.29, 0.717) is 11.6 Å². The van der Waals surface area contributed by atoms with E-state index in [9.17, 15) is 4.39 Å². The smallest absolute Gasteiger partial charge is 0.231 e. The van der Waals surface area contributed by atoms with E-state index in [1.165, 1.54) is 29.8 Å². The van der Waals surface area contributed by atoms with Crippen molar-refractivity contribution in [2.24, 2.45) is 0 Å². The molecule has 0 unspecified atom stereocenters. The van der Waals surface area contributed by atoms with Crippen molar-refractivity contribution in [1.29, 1.82) is 0 Å². The van der Waals surface area contributed by atoms with E-state index >= 15 is 0 Å². The third-order valence-corrected chi connectivity index (χ3v) is 4.33. The van der Waals surface area contributed by atoms with Crippen LogP contribution in [0.25, 0.3) is 21.3 Å². The highest BCUT2D eigenvalue weighted by molar-refractivity contribution is 7.17. The molecular weight excluding hydrogens is 311 g/mol. The lowest BCUT2D eigenvalue weighted by molar-refractivity contribution is 0.468. The zero-order valence-corrected chi connectivity index (χ0v) is 12.8. The Morgan fingerprint density at radius 1 is 0.913 bits per heavy atom. The number of fused-ring (bicyclic) bond motifs is 1. The van der Waals surface area contributed by atoms with Gasteiger partial charge in [0.2, 0.25) is 5.88 Å². The van der Waals surface area contributed by atoms with E-state index < -0.39 is 0 Å². The molecule has 112 valence electrons. The van der Waals surface area contributed by atoms with Gasteiger partial charge in [0.05, 0.1) is 5.39 Å². The van der Waals surface area contributed by atoms with Gasteiger partial charge < -0.3 is 4.74 Å². The van der Waals surface area contributed by atoms with Crippen molar-refractivity contribution in [2.75, 3.05) is 0 Å². The summed E-state index contributed by atoms with van der Waals surface area (Å²) in [6, 6.07) is 15.9.